The molecule has 46 heavy (non-hydrogen) atoms. The molecule has 0 aliphatic carbocycles. The Morgan fingerprint density at radius 1 is 0.283 bits per heavy atom. The first-order chi connectivity index (χ1) is 22.4. The summed E-state index contributed by atoms with van der Waals surface area (Å²) in [5.41, 5.74) is 12.6. The maximum absolute atomic E-state index is 5.04. The van der Waals surface area contributed by atoms with Crippen LogP contribution in [-0.4, -0.2) is 24.9 Å². The van der Waals surface area contributed by atoms with E-state index < -0.39 is 0 Å². The van der Waals surface area contributed by atoms with E-state index in [1.54, 1.807) is 0 Å². The maximum atomic E-state index is 5.04. The second-order valence-electron chi connectivity index (χ2n) is 11.8. The van der Waals surface area contributed by atoms with Crippen molar-refractivity contribution in [2.24, 2.45) is 0 Å². The van der Waals surface area contributed by atoms with Gasteiger partial charge in [-0.05, 0) is 74.2 Å². The number of nitrogens with zero attached hydrogens (tertiary/aromatic N) is 5. The Labute approximate surface area is 269 Å². The molecular formula is C41H33N5. The molecule has 2 aromatic heterocycles. The van der Waals surface area contributed by atoms with Crippen molar-refractivity contribution in [1.29, 1.82) is 0 Å². The van der Waals surface area contributed by atoms with Gasteiger partial charge in [0.05, 0.1) is 0 Å². The fourth-order valence-corrected chi connectivity index (χ4v) is 5.84. The third-order valence-corrected chi connectivity index (χ3v) is 7.90. The van der Waals surface area contributed by atoms with Crippen molar-refractivity contribution in [3.8, 4) is 67.8 Å². The smallest absolute Gasteiger partial charge is 0.164 e. The van der Waals surface area contributed by atoms with Crippen LogP contribution in [0.2, 0.25) is 0 Å². The average molecular weight is 596 g/mol. The highest BCUT2D eigenvalue weighted by atomic mass is 15.0. The van der Waals surface area contributed by atoms with E-state index in [2.05, 4.69) is 84.5 Å². The molecule has 2 heterocycles. The van der Waals surface area contributed by atoms with Crippen molar-refractivity contribution in [3.05, 3.63) is 150 Å². The largest absolute Gasteiger partial charge is 0.233 e. The predicted molar refractivity (Wildman–Crippen MR) is 187 cm³/mol. The predicted octanol–water partition coefficient (Wildman–Crippen LogP) is 9.90. The van der Waals surface area contributed by atoms with Gasteiger partial charge in [-0.2, -0.15) is 0 Å². The summed E-state index contributed by atoms with van der Waals surface area (Å²) in [6, 6.07) is 43.9. The fourth-order valence-electron chi connectivity index (χ4n) is 5.84. The zero-order valence-electron chi connectivity index (χ0n) is 26.4. The summed E-state index contributed by atoms with van der Waals surface area (Å²) in [6.45, 7) is 8.28. The van der Waals surface area contributed by atoms with E-state index >= 15 is 0 Å². The number of hydrogen-bond acceptors (Lipinski definition) is 5. The molecule has 0 bridgehead atoms. The van der Waals surface area contributed by atoms with E-state index in [9.17, 15) is 0 Å². The molecule has 0 amide bonds. The van der Waals surface area contributed by atoms with Crippen LogP contribution >= 0.6 is 0 Å². The monoisotopic (exact) mass is 595 g/mol. The summed E-state index contributed by atoms with van der Waals surface area (Å²) in [5.74, 6) is 2.64. The van der Waals surface area contributed by atoms with Crippen LogP contribution in [0.4, 0.5) is 0 Å². The molecule has 5 aromatic carbocycles. The molecule has 0 radical (unpaired) electrons. The first-order valence-electron chi connectivity index (χ1n) is 15.4. The highest BCUT2D eigenvalue weighted by molar-refractivity contribution is 5.81. The van der Waals surface area contributed by atoms with Gasteiger partial charge in [0.2, 0.25) is 0 Å². The van der Waals surface area contributed by atoms with E-state index in [-0.39, 0.29) is 0 Å². The van der Waals surface area contributed by atoms with Gasteiger partial charge in [-0.1, -0.05) is 114 Å². The minimum absolute atomic E-state index is 0.625. The minimum atomic E-state index is 0.625. The molecule has 5 nitrogen and oxygen atoms in total. The molecule has 0 N–H and O–H groups in total. The lowest BCUT2D eigenvalue weighted by molar-refractivity contribution is 1.06. The summed E-state index contributed by atoms with van der Waals surface area (Å²) in [7, 11) is 0. The number of aryl methyl sites for hydroxylation is 4. The lowest BCUT2D eigenvalue weighted by Gasteiger charge is -2.13. The summed E-state index contributed by atoms with van der Waals surface area (Å²) < 4.78 is 0. The molecule has 0 aliphatic rings. The van der Waals surface area contributed by atoms with Gasteiger partial charge in [-0.25, -0.2) is 24.9 Å². The van der Waals surface area contributed by atoms with E-state index in [0.717, 1.165) is 61.7 Å². The van der Waals surface area contributed by atoms with Crippen LogP contribution in [0.15, 0.2) is 127 Å². The number of benzene rings is 5. The summed E-state index contributed by atoms with van der Waals surface area (Å²) in [5, 5.41) is 0. The Kier molecular flexibility index (Phi) is 7.73. The molecule has 0 aliphatic heterocycles. The summed E-state index contributed by atoms with van der Waals surface area (Å²) in [6.07, 6.45) is 0. The van der Waals surface area contributed by atoms with E-state index in [4.69, 9.17) is 15.0 Å². The minimum Gasteiger partial charge on any atom is -0.233 e. The Morgan fingerprint density at radius 3 is 1.17 bits per heavy atom. The molecule has 7 rings (SSSR count). The lowest BCUT2D eigenvalue weighted by atomic mass is 9.94. The first-order valence-corrected chi connectivity index (χ1v) is 15.4. The lowest BCUT2D eigenvalue weighted by Crippen LogP contribution is -2.00. The van der Waals surface area contributed by atoms with Crippen molar-refractivity contribution in [1.82, 2.24) is 24.9 Å². The molecular weight excluding hydrogens is 562 g/mol. The first kappa shape index (κ1) is 28.9. The van der Waals surface area contributed by atoms with Gasteiger partial charge in [-0.3, -0.25) is 0 Å². The van der Waals surface area contributed by atoms with E-state index in [1.165, 1.54) is 11.1 Å². The molecule has 0 fully saturated rings. The average Bonchev–Trinajstić information content (AvgIpc) is 3.08. The summed E-state index contributed by atoms with van der Waals surface area (Å²) >= 11 is 0. The van der Waals surface area contributed by atoms with Gasteiger partial charge < -0.3 is 0 Å². The molecule has 5 heteroatoms. The van der Waals surface area contributed by atoms with Gasteiger partial charge in [0.15, 0.2) is 23.3 Å². The molecule has 0 atom stereocenters. The van der Waals surface area contributed by atoms with Gasteiger partial charge >= 0.3 is 0 Å². The molecule has 0 saturated heterocycles. The van der Waals surface area contributed by atoms with Crippen molar-refractivity contribution >= 4 is 0 Å². The molecule has 0 spiro atoms. The topological polar surface area (TPSA) is 64.5 Å². The van der Waals surface area contributed by atoms with Gasteiger partial charge in [0.1, 0.15) is 0 Å². The highest BCUT2D eigenvalue weighted by Gasteiger charge is 2.15. The Bertz CT molecular complexity index is 2070. The SMILES string of the molecule is Cc1cc(C)cc(-c2cc(-c3ccc(-c4nc(C)cc(C)n4)cc3)cc(-c3nc(-c4ccccc4)nc(-c4ccccc4)n3)c2)c1. The van der Waals surface area contributed by atoms with Crippen LogP contribution in [0.25, 0.3) is 67.8 Å². The van der Waals surface area contributed by atoms with Gasteiger partial charge in [0, 0.05) is 33.6 Å². The van der Waals surface area contributed by atoms with Crippen molar-refractivity contribution in [2.75, 3.05) is 0 Å². The summed E-state index contributed by atoms with van der Waals surface area (Å²) in [4.78, 5) is 24.3. The van der Waals surface area contributed by atoms with Crippen LogP contribution in [0.3, 0.4) is 0 Å². The van der Waals surface area contributed by atoms with Crippen molar-refractivity contribution in [3.63, 3.8) is 0 Å². The molecule has 0 unspecified atom stereocenters. The van der Waals surface area contributed by atoms with Gasteiger partial charge in [-0.15, -0.1) is 0 Å². The Morgan fingerprint density at radius 2 is 0.652 bits per heavy atom. The number of aromatic nitrogens is 5. The maximum Gasteiger partial charge on any atom is 0.164 e. The second kappa shape index (κ2) is 12.3. The molecule has 7 aromatic rings. The molecule has 0 saturated carbocycles. The van der Waals surface area contributed by atoms with Crippen LogP contribution < -0.4 is 0 Å². The third-order valence-electron chi connectivity index (χ3n) is 7.90. The van der Waals surface area contributed by atoms with Crippen LogP contribution in [-0.2, 0) is 0 Å². The third kappa shape index (κ3) is 6.21. The quantitative estimate of drug-likeness (QED) is 0.191. The Balaban J connectivity index is 1.41. The Hall–Kier alpha value is -5.81. The van der Waals surface area contributed by atoms with Crippen LogP contribution in [0, 0.1) is 27.7 Å². The zero-order chi connectivity index (χ0) is 31.6. The standard InChI is InChI=1S/C41H33N5/c1-26-19-27(2)21-34(20-26)36-23-35(30-15-17-33(18-16-30)38-42-28(3)22-29(4)43-38)24-37(25-36)41-45-39(31-11-7-5-8-12-31)44-40(46-41)32-13-9-6-10-14-32/h5-25H,1-4H3. The number of hydrogen-bond donors (Lipinski definition) is 0. The van der Waals surface area contributed by atoms with Crippen LogP contribution in [0.5, 0.6) is 0 Å². The highest BCUT2D eigenvalue weighted by Crippen LogP contribution is 2.34. The van der Waals surface area contributed by atoms with Gasteiger partial charge in [0.25, 0.3) is 0 Å². The van der Waals surface area contributed by atoms with E-state index in [0.29, 0.717) is 17.5 Å². The van der Waals surface area contributed by atoms with Crippen LogP contribution in [0.1, 0.15) is 22.5 Å². The second-order valence-corrected chi connectivity index (χ2v) is 11.8. The van der Waals surface area contributed by atoms with Crippen molar-refractivity contribution in [2.45, 2.75) is 27.7 Å². The normalized spacial score (nSPS) is 11.0. The van der Waals surface area contributed by atoms with E-state index in [1.807, 2.05) is 80.6 Å². The zero-order valence-corrected chi connectivity index (χ0v) is 26.4. The number of rotatable bonds is 6. The van der Waals surface area contributed by atoms with Crippen molar-refractivity contribution < 1.29 is 0 Å². The fraction of sp³-hybridized carbons (Fsp3) is 0.0976. The molecule has 222 valence electrons.